The predicted molar refractivity (Wildman–Crippen MR) is 86.6 cm³/mol. The first-order valence-electron chi connectivity index (χ1n) is 6.82. The molecule has 0 atom stereocenters. The standard InChI is InChI=1S/C17H12F2N2OS/c1-10-2-4-11(5-3-10)17-21-15(9-23-17)16(22)20-12-6-7-13(18)14(19)8-12/h2-9H,1H3,(H,20,22). The van der Waals surface area contributed by atoms with Gasteiger partial charge in [0.25, 0.3) is 5.91 Å². The number of aromatic nitrogens is 1. The number of carbonyl (C=O) groups excluding carboxylic acids is 1. The molecule has 0 bridgehead atoms. The van der Waals surface area contributed by atoms with Crippen LogP contribution in [0.1, 0.15) is 16.1 Å². The number of aryl methyl sites for hydroxylation is 1. The normalized spacial score (nSPS) is 10.6. The predicted octanol–water partition coefficient (Wildman–Crippen LogP) is 4.65. The van der Waals surface area contributed by atoms with Crippen LogP contribution < -0.4 is 5.32 Å². The van der Waals surface area contributed by atoms with Crippen LogP contribution in [0.5, 0.6) is 0 Å². The molecule has 0 fully saturated rings. The highest BCUT2D eigenvalue weighted by atomic mass is 32.1. The van der Waals surface area contributed by atoms with E-state index in [2.05, 4.69) is 10.3 Å². The maximum absolute atomic E-state index is 13.2. The van der Waals surface area contributed by atoms with E-state index in [9.17, 15) is 13.6 Å². The molecule has 3 rings (SSSR count). The quantitative estimate of drug-likeness (QED) is 0.759. The minimum Gasteiger partial charge on any atom is -0.321 e. The number of benzene rings is 2. The molecule has 1 N–H and O–H groups in total. The summed E-state index contributed by atoms with van der Waals surface area (Å²) in [6, 6.07) is 11.0. The topological polar surface area (TPSA) is 42.0 Å². The van der Waals surface area contributed by atoms with Gasteiger partial charge >= 0.3 is 0 Å². The van der Waals surface area contributed by atoms with Gasteiger partial charge in [-0.15, -0.1) is 11.3 Å². The minimum atomic E-state index is -1.01. The number of thiazole rings is 1. The maximum Gasteiger partial charge on any atom is 0.275 e. The van der Waals surface area contributed by atoms with Gasteiger partial charge in [0.2, 0.25) is 0 Å². The van der Waals surface area contributed by atoms with Crippen LogP contribution in [-0.2, 0) is 0 Å². The van der Waals surface area contributed by atoms with Crippen molar-refractivity contribution in [2.45, 2.75) is 6.92 Å². The second-order valence-electron chi connectivity index (χ2n) is 4.99. The van der Waals surface area contributed by atoms with Gasteiger partial charge in [0, 0.05) is 22.7 Å². The molecule has 0 aliphatic heterocycles. The van der Waals surface area contributed by atoms with E-state index in [1.807, 2.05) is 31.2 Å². The summed E-state index contributed by atoms with van der Waals surface area (Å²) in [7, 11) is 0. The summed E-state index contributed by atoms with van der Waals surface area (Å²) in [4.78, 5) is 16.4. The van der Waals surface area contributed by atoms with Gasteiger partial charge in [-0.2, -0.15) is 0 Å². The van der Waals surface area contributed by atoms with Gasteiger partial charge in [0.15, 0.2) is 11.6 Å². The molecular weight excluding hydrogens is 318 g/mol. The van der Waals surface area contributed by atoms with Gasteiger partial charge in [0.05, 0.1) is 0 Å². The maximum atomic E-state index is 13.2. The van der Waals surface area contributed by atoms with E-state index in [-0.39, 0.29) is 11.4 Å². The number of amides is 1. The van der Waals surface area contributed by atoms with Crippen LogP contribution in [0.3, 0.4) is 0 Å². The van der Waals surface area contributed by atoms with Crippen LogP contribution in [0.15, 0.2) is 47.8 Å². The van der Waals surface area contributed by atoms with Crippen molar-refractivity contribution in [1.29, 1.82) is 0 Å². The van der Waals surface area contributed by atoms with Crippen LogP contribution in [0.25, 0.3) is 10.6 Å². The second-order valence-corrected chi connectivity index (χ2v) is 5.85. The first-order chi connectivity index (χ1) is 11.0. The molecule has 0 spiro atoms. The highest BCUT2D eigenvalue weighted by Crippen LogP contribution is 2.24. The van der Waals surface area contributed by atoms with E-state index < -0.39 is 17.5 Å². The van der Waals surface area contributed by atoms with E-state index in [0.717, 1.165) is 28.3 Å². The van der Waals surface area contributed by atoms with Gasteiger partial charge in [-0.05, 0) is 19.1 Å². The molecule has 3 aromatic rings. The van der Waals surface area contributed by atoms with E-state index in [1.54, 1.807) is 5.38 Å². The fourth-order valence-electron chi connectivity index (χ4n) is 1.98. The van der Waals surface area contributed by atoms with Crippen molar-refractivity contribution in [2.75, 3.05) is 5.32 Å². The lowest BCUT2D eigenvalue weighted by molar-refractivity contribution is 0.102. The lowest BCUT2D eigenvalue weighted by atomic mass is 10.2. The Labute approximate surface area is 135 Å². The second kappa shape index (κ2) is 6.26. The molecular formula is C17H12F2N2OS. The number of hydrogen-bond acceptors (Lipinski definition) is 3. The lowest BCUT2D eigenvalue weighted by Gasteiger charge is -2.03. The van der Waals surface area contributed by atoms with E-state index in [0.29, 0.717) is 0 Å². The Morgan fingerprint density at radius 3 is 2.52 bits per heavy atom. The van der Waals surface area contributed by atoms with E-state index in [1.165, 1.54) is 17.4 Å². The van der Waals surface area contributed by atoms with Crippen molar-refractivity contribution in [3.05, 3.63) is 70.7 Å². The number of carbonyl (C=O) groups is 1. The number of halogens is 2. The SMILES string of the molecule is Cc1ccc(-c2nc(C(=O)Nc3ccc(F)c(F)c3)cs2)cc1. The van der Waals surface area contributed by atoms with Crippen molar-refractivity contribution >= 4 is 22.9 Å². The summed E-state index contributed by atoms with van der Waals surface area (Å²) in [5.41, 5.74) is 2.48. The third-order valence-corrected chi connectivity index (χ3v) is 4.10. The van der Waals surface area contributed by atoms with Crippen molar-refractivity contribution in [1.82, 2.24) is 4.98 Å². The highest BCUT2D eigenvalue weighted by molar-refractivity contribution is 7.13. The molecule has 1 heterocycles. The van der Waals surface area contributed by atoms with Gasteiger partial charge in [0.1, 0.15) is 10.7 Å². The van der Waals surface area contributed by atoms with Crippen LogP contribution in [0.4, 0.5) is 14.5 Å². The number of hydrogen-bond donors (Lipinski definition) is 1. The summed E-state index contributed by atoms with van der Waals surface area (Å²) >= 11 is 1.35. The summed E-state index contributed by atoms with van der Waals surface area (Å²) < 4.78 is 26.0. The van der Waals surface area contributed by atoms with Crippen LogP contribution in [0.2, 0.25) is 0 Å². The average Bonchev–Trinajstić information content (AvgIpc) is 3.02. The fraction of sp³-hybridized carbons (Fsp3) is 0.0588. The Balaban J connectivity index is 1.78. The molecule has 0 radical (unpaired) electrons. The Morgan fingerprint density at radius 1 is 1.09 bits per heavy atom. The molecule has 0 unspecified atom stereocenters. The first-order valence-corrected chi connectivity index (χ1v) is 7.70. The third kappa shape index (κ3) is 3.43. The van der Waals surface area contributed by atoms with Gasteiger partial charge < -0.3 is 5.32 Å². The molecule has 0 saturated carbocycles. The first kappa shape index (κ1) is 15.3. The highest BCUT2D eigenvalue weighted by Gasteiger charge is 2.13. The fourth-order valence-corrected chi connectivity index (χ4v) is 2.78. The van der Waals surface area contributed by atoms with E-state index >= 15 is 0 Å². The van der Waals surface area contributed by atoms with E-state index in [4.69, 9.17) is 0 Å². The van der Waals surface area contributed by atoms with Crippen LogP contribution in [-0.4, -0.2) is 10.9 Å². The molecule has 0 aliphatic carbocycles. The molecule has 0 saturated heterocycles. The monoisotopic (exact) mass is 330 g/mol. The van der Waals surface area contributed by atoms with Gasteiger partial charge in [-0.25, -0.2) is 13.8 Å². The van der Waals surface area contributed by atoms with Gasteiger partial charge in [-0.3, -0.25) is 4.79 Å². The third-order valence-electron chi connectivity index (χ3n) is 3.21. The lowest BCUT2D eigenvalue weighted by Crippen LogP contribution is -2.12. The smallest absolute Gasteiger partial charge is 0.275 e. The molecule has 23 heavy (non-hydrogen) atoms. The summed E-state index contributed by atoms with van der Waals surface area (Å²) in [6.45, 7) is 1.99. The number of nitrogens with zero attached hydrogens (tertiary/aromatic N) is 1. The van der Waals surface area contributed by atoms with Crippen molar-refractivity contribution in [3.8, 4) is 10.6 Å². The van der Waals surface area contributed by atoms with Crippen LogP contribution in [0, 0.1) is 18.6 Å². The zero-order chi connectivity index (χ0) is 16.4. The van der Waals surface area contributed by atoms with Crippen molar-refractivity contribution in [2.24, 2.45) is 0 Å². The number of anilines is 1. The van der Waals surface area contributed by atoms with Crippen LogP contribution >= 0.6 is 11.3 Å². The molecule has 0 aliphatic rings. The Bertz CT molecular complexity index is 859. The minimum absolute atomic E-state index is 0.179. The van der Waals surface area contributed by atoms with Crippen molar-refractivity contribution in [3.63, 3.8) is 0 Å². The van der Waals surface area contributed by atoms with Gasteiger partial charge in [-0.1, -0.05) is 29.8 Å². The molecule has 1 amide bonds. The van der Waals surface area contributed by atoms with Crippen molar-refractivity contribution < 1.29 is 13.6 Å². The Kier molecular flexibility index (Phi) is 4.16. The molecule has 6 heteroatoms. The average molecular weight is 330 g/mol. The molecule has 1 aromatic heterocycles. The summed E-state index contributed by atoms with van der Waals surface area (Å²) in [5, 5.41) is 4.85. The number of rotatable bonds is 3. The summed E-state index contributed by atoms with van der Waals surface area (Å²) in [6.07, 6.45) is 0. The molecule has 3 nitrogen and oxygen atoms in total. The number of nitrogens with one attached hydrogen (secondary N) is 1. The zero-order valence-electron chi connectivity index (χ0n) is 12.1. The Morgan fingerprint density at radius 2 is 1.83 bits per heavy atom. The molecule has 116 valence electrons. The summed E-state index contributed by atoms with van der Waals surface area (Å²) in [5.74, 6) is -2.44. The molecule has 2 aromatic carbocycles. The zero-order valence-corrected chi connectivity index (χ0v) is 13.0. The largest absolute Gasteiger partial charge is 0.321 e. The Hall–Kier alpha value is -2.60.